The van der Waals surface area contributed by atoms with Crippen LogP contribution >= 0.6 is 11.8 Å². The Morgan fingerprint density at radius 1 is 1.19 bits per heavy atom. The number of hydrogen-bond donors (Lipinski definition) is 1. The van der Waals surface area contributed by atoms with Crippen LogP contribution in [0.2, 0.25) is 0 Å². The molecule has 21 heavy (non-hydrogen) atoms. The number of thioether (sulfide) groups is 1. The van der Waals surface area contributed by atoms with Gasteiger partial charge in [-0.2, -0.15) is 11.8 Å². The zero-order chi connectivity index (χ0) is 15.1. The molecule has 1 fully saturated rings. The Hall–Kier alpha value is -1.04. The van der Waals surface area contributed by atoms with Crippen molar-refractivity contribution in [2.75, 3.05) is 50.6 Å². The van der Waals surface area contributed by atoms with Crippen LogP contribution < -0.4 is 5.32 Å². The lowest BCUT2D eigenvalue weighted by atomic mass is 10.1. The van der Waals surface area contributed by atoms with Gasteiger partial charge in [-0.3, -0.25) is 9.69 Å². The molecule has 1 aliphatic rings. The van der Waals surface area contributed by atoms with Crippen LogP contribution in [0.15, 0.2) is 24.3 Å². The van der Waals surface area contributed by atoms with Crippen molar-refractivity contribution in [1.82, 2.24) is 9.80 Å². The maximum atomic E-state index is 11.7. The van der Waals surface area contributed by atoms with E-state index in [0.717, 1.165) is 44.2 Å². The molecule has 0 spiro atoms. The van der Waals surface area contributed by atoms with E-state index in [4.69, 9.17) is 0 Å². The largest absolute Gasteiger partial charge is 0.326 e. The first-order valence-corrected chi connectivity index (χ1v) is 8.85. The second-order valence-electron chi connectivity index (χ2n) is 5.57. The van der Waals surface area contributed by atoms with Crippen molar-refractivity contribution in [2.24, 2.45) is 0 Å². The van der Waals surface area contributed by atoms with Crippen LogP contribution in [0.1, 0.15) is 12.0 Å². The molecular formula is C16H25N3OS. The van der Waals surface area contributed by atoms with Crippen molar-refractivity contribution >= 4 is 23.4 Å². The number of rotatable bonds is 6. The summed E-state index contributed by atoms with van der Waals surface area (Å²) in [6.07, 6.45) is 2.59. The summed E-state index contributed by atoms with van der Waals surface area (Å²) in [5.41, 5.74) is 2.20. The van der Waals surface area contributed by atoms with Crippen LogP contribution in [0.25, 0.3) is 0 Å². The molecule has 1 N–H and O–H groups in total. The number of carbonyl (C=O) groups excluding carboxylic acids is 1. The van der Waals surface area contributed by atoms with E-state index >= 15 is 0 Å². The topological polar surface area (TPSA) is 35.6 Å². The van der Waals surface area contributed by atoms with Crippen LogP contribution in [0, 0.1) is 0 Å². The third-order valence-corrected chi connectivity index (χ3v) is 4.39. The maximum Gasteiger partial charge on any atom is 0.225 e. The monoisotopic (exact) mass is 307 g/mol. The third kappa shape index (κ3) is 5.69. The zero-order valence-electron chi connectivity index (χ0n) is 13.0. The number of anilines is 1. The van der Waals surface area contributed by atoms with E-state index in [9.17, 15) is 4.79 Å². The Morgan fingerprint density at radius 3 is 2.48 bits per heavy atom. The molecule has 0 aliphatic carbocycles. The Kier molecular flexibility index (Phi) is 6.54. The van der Waals surface area contributed by atoms with Crippen LogP contribution in [-0.2, 0) is 11.3 Å². The summed E-state index contributed by atoms with van der Waals surface area (Å²) in [7, 11) is 2.17. The predicted octanol–water partition coefficient (Wildman–Crippen LogP) is 2.13. The molecule has 116 valence electrons. The number of hydrogen-bond acceptors (Lipinski definition) is 4. The van der Waals surface area contributed by atoms with Gasteiger partial charge < -0.3 is 10.2 Å². The van der Waals surface area contributed by atoms with Gasteiger partial charge in [0.2, 0.25) is 5.91 Å². The Bertz CT molecular complexity index is 441. The van der Waals surface area contributed by atoms with E-state index in [1.165, 1.54) is 5.56 Å². The minimum Gasteiger partial charge on any atom is -0.326 e. The molecule has 4 nitrogen and oxygen atoms in total. The van der Waals surface area contributed by atoms with E-state index < -0.39 is 0 Å². The third-order valence-electron chi connectivity index (χ3n) is 3.77. The first-order valence-electron chi connectivity index (χ1n) is 7.46. The molecule has 1 saturated heterocycles. The normalized spacial score (nSPS) is 16.9. The molecule has 1 amide bonds. The van der Waals surface area contributed by atoms with E-state index in [1.807, 2.05) is 18.4 Å². The van der Waals surface area contributed by atoms with E-state index in [-0.39, 0.29) is 5.91 Å². The highest BCUT2D eigenvalue weighted by molar-refractivity contribution is 7.98. The van der Waals surface area contributed by atoms with Crippen molar-refractivity contribution < 1.29 is 4.79 Å². The summed E-state index contributed by atoms with van der Waals surface area (Å²) < 4.78 is 0. The molecular weight excluding hydrogens is 282 g/mol. The molecule has 0 atom stereocenters. The lowest BCUT2D eigenvalue weighted by Gasteiger charge is -2.32. The van der Waals surface area contributed by atoms with Crippen LogP contribution in [0.5, 0.6) is 0 Å². The first kappa shape index (κ1) is 16.3. The average molecular weight is 307 g/mol. The molecule has 1 aromatic carbocycles. The fraction of sp³-hybridized carbons (Fsp3) is 0.562. The Balaban J connectivity index is 1.80. The molecule has 0 aromatic heterocycles. The fourth-order valence-electron chi connectivity index (χ4n) is 2.38. The number of nitrogens with one attached hydrogen (secondary N) is 1. The predicted molar refractivity (Wildman–Crippen MR) is 90.8 cm³/mol. The molecule has 1 heterocycles. The minimum absolute atomic E-state index is 0.0937. The van der Waals surface area contributed by atoms with Gasteiger partial charge >= 0.3 is 0 Å². The number of nitrogens with zero attached hydrogens (tertiary/aromatic N) is 2. The first-order chi connectivity index (χ1) is 10.2. The van der Waals surface area contributed by atoms with E-state index in [1.54, 1.807) is 11.8 Å². The summed E-state index contributed by atoms with van der Waals surface area (Å²) in [6, 6.07) is 8.23. The highest BCUT2D eigenvalue weighted by Gasteiger charge is 2.13. The fourth-order valence-corrected chi connectivity index (χ4v) is 2.77. The molecule has 1 aliphatic heterocycles. The van der Waals surface area contributed by atoms with Gasteiger partial charge in [-0.25, -0.2) is 0 Å². The molecule has 2 rings (SSSR count). The highest BCUT2D eigenvalue weighted by atomic mass is 32.2. The SMILES string of the molecule is CSCCC(=O)Nc1ccc(CN2CCN(C)CC2)cc1. The molecule has 0 bridgehead atoms. The van der Waals surface area contributed by atoms with Crippen molar-refractivity contribution in [3.8, 4) is 0 Å². The van der Waals surface area contributed by atoms with Gasteiger partial charge in [0, 0.05) is 50.6 Å². The van der Waals surface area contributed by atoms with Crippen LogP contribution in [0.3, 0.4) is 0 Å². The van der Waals surface area contributed by atoms with Gasteiger partial charge in [0.25, 0.3) is 0 Å². The Labute approximate surface area is 131 Å². The smallest absolute Gasteiger partial charge is 0.225 e. The quantitative estimate of drug-likeness (QED) is 0.873. The number of likely N-dealkylation sites (N-methyl/N-ethyl adjacent to an activating group) is 1. The summed E-state index contributed by atoms with van der Waals surface area (Å²) in [5.74, 6) is 0.962. The standard InChI is InChI=1S/C16H25N3OS/c1-18-8-10-19(11-9-18)13-14-3-5-15(6-4-14)17-16(20)7-12-21-2/h3-6H,7-13H2,1-2H3,(H,17,20). The second-order valence-corrected chi connectivity index (χ2v) is 6.55. The summed E-state index contributed by atoms with van der Waals surface area (Å²) in [6.45, 7) is 5.54. The lowest BCUT2D eigenvalue weighted by molar-refractivity contribution is -0.115. The van der Waals surface area contributed by atoms with Crippen LogP contribution in [-0.4, -0.2) is 60.9 Å². The van der Waals surface area contributed by atoms with Gasteiger partial charge in [0.05, 0.1) is 0 Å². The van der Waals surface area contributed by atoms with Gasteiger partial charge in [-0.1, -0.05) is 12.1 Å². The zero-order valence-corrected chi connectivity index (χ0v) is 13.8. The van der Waals surface area contributed by atoms with Gasteiger partial charge in [-0.15, -0.1) is 0 Å². The maximum absolute atomic E-state index is 11.7. The number of piperazine rings is 1. The molecule has 1 aromatic rings. The second kappa shape index (κ2) is 8.41. The number of carbonyl (C=O) groups is 1. The van der Waals surface area contributed by atoms with Gasteiger partial charge in [0.15, 0.2) is 0 Å². The van der Waals surface area contributed by atoms with Crippen molar-refractivity contribution in [1.29, 1.82) is 0 Å². The minimum atomic E-state index is 0.0937. The number of amides is 1. The Morgan fingerprint density at radius 2 is 1.86 bits per heavy atom. The van der Waals surface area contributed by atoms with Crippen molar-refractivity contribution in [2.45, 2.75) is 13.0 Å². The van der Waals surface area contributed by atoms with E-state index in [0.29, 0.717) is 6.42 Å². The summed E-state index contributed by atoms with van der Waals surface area (Å²) >= 11 is 1.69. The highest BCUT2D eigenvalue weighted by Crippen LogP contribution is 2.13. The number of benzene rings is 1. The summed E-state index contributed by atoms with van der Waals surface area (Å²) in [4.78, 5) is 16.5. The van der Waals surface area contributed by atoms with Crippen molar-refractivity contribution in [3.63, 3.8) is 0 Å². The summed E-state index contributed by atoms with van der Waals surface area (Å²) in [5, 5.41) is 2.94. The van der Waals surface area contributed by atoms with Gasteiger partial charge in [-0.05, 0) is 31.0 Å². The average Bonchev–Trinajstić information content (AvgIpc) is 2.49. The lowest BCUT2D eigenvalue weighted by Crippen LogP contribution is -2.43. The van der Waals surface area contributed by atoms with Crippen molar-refractivity contribution in [3.05, 3.63) is 29.8 Å². The van der Waals surface area contributed by atoms with Crippen LogP contribution in [0.4, 0.5) is 5.69 Å². The molecule has 0 saturated carbocycles. The molecule has 0 unspecified atom stereocenters. The van der Waals surface area contributed by atoms with Gasteiger partial charge in [0.1, 0.15) is 0 Å². The van der Waals surface area contributed by atoms with E-state index in [2.05, 4.69) is 34.3 Å². The molecule has 5 heteroatoms. The molecule has 0 radical (unpaired) electrons.